The first kappa shape index (κ1) is 16.7. The minimum absolute atomic E-state index is 0.245. The summed E-state index contributed by atoms with van der Waals surface area (Å²) in [5.41, 5.74) is 2.43. The first-order valence-corrected chi connectivity index (χ1v) is 8.11. The van der Waals surface area contributed by atoms with E-state index in [0.717, 1.165) is 21.9 Å². The molecule has 0 aliphatic rings. The summed E-state index contributed by atoms with van der Waals surface area (Å²) >= 11 is 0. The maximum absolute atomic E-state index is 12.5. The zero-order chi connectivity index (χ0) is 17.8. The van der Waals surface area contributed by atoms with Gasteiger partial charge in [0.25, 0.3) is 5.91 Å². The summed E-state index contributed by atoms with van der Waals surface area (Å²) in [6, 6.07) is 19.7. The molecule has 2 N–H and O–H groups in total. The molecule has 0 saturated carbocycles. The Morgan fingerprint density at radius 1 is 0.960 bits per heavy atom. The Hall–Kier alpha value is -3.14. The van der Waals surface area contributed by atoms with Crippen LogP contribution < -0.4 is 5.32 Å². The number of carboxylic acids is 1. The second-order valence-corrected chi connectivity index (χ2v) is 6.12. The van der Waals surface area contributed by atoms with Gasteiger partial charge in [0.05, 0.1) is 0 Å². The normalized spacial score (nSPS) is 11.9. The summed E-state index contributed by atoms with van der Waals surface area (Å²) in [4.78, 5) is 24.0. The van der Waals surface area contributed by atoms with Gasteiger partial charge in [0.2, 0.25) is 0 Å². The summed E-state index contributed by atoms with van der Waals surface area (Å²) in [5.74, 6) is -1.43. The van der Waals surface area contributed by atoms with E-state index >= 15 is 0 Å². The van der Waals surface area contributed by atoms with Crippen LogP contribution in [-0.4, -0.2) is 23.0 Å². The van der Waals surface area contributed by atoms with Crippen molar-refractivity contribution < 1.29 is 14.7 Å². The van der Waals surface area contributed by atoms with Crippen molar-refractivity contribution in [3.63, 3.8) is 0 Å². The van der Waals surface area contributed by atoms with Crippen LogP contribution in [0.4, 0.5) is 0 Å². The highest BCUT2D eigenvalue weighted by molar-refractivity contribution is 6.00. The molecule has 1 atom stereocenters. The van der Waals surface area contributed by atoms with E-state index in [2.05, 4.69) is 5.32 Å². The fourth-order valence-corrected chi connectivity index (χ4v) is 2.73. The molecule has 0 bridgehead atoms. The highest BCUT2D eigenvalue weighted by Gasteiger charge is 2.21. The summed E-state index contributed by atoms with van der Waals surface area (Å²) in [5, 5.41) is 14.0. The van der Waals surface area contributed by atoms with Gasteiger partial charge in [-0.3, -0.25) is 4.79 Å². The highest BCUT2D eigenvalue weighted by atomic mass is 16.4. The second kappa shape index (κ2) is 7.18. The summed E-state index contributed by atoms with van der Waals surface area (Å²) in [6.45, 7) is 1.97. The molecule has 3 aromatic rings. The van der Waals surface area contributed by atoms with Crippen LogP contribution in [0.2, 0.25) is 0 Å². The van der Waals surface area contributed by atoms with E-state index in [1.807, 2.05) is 61.5 Å². The van der Waals surface area contributed by atoms with Crippen molar-refractivity contribution in [2.75, 3.05) is 0 Å². The predicted octanol–water partition coefficient (Wildman–Crippen LogP) is 3.57. The van der Waals surface area contributed by atoms with Crippen molar-refractivity contribution in [3.8, 4) is 0 Å². The van der Waals surface area contributed by atoms with Gasteiger partial charge in [-0.1, -0.05) is 60.2 Å². The lowest BCUT2D eigenvalue weighted by atomic mass is 10.0. The third-order valence-electron chi connectivity index (χ3n) is 4.18. The zero-order valence-corrected chi connectivity index (χ0v) is 13.9. The van der Waals surface area contributed by atoms with Crippen molar-refractivity contribution in [2.24, 2.45) is 0 Å². The van der Waals surface area contributed by atoms with Gasteiger partial charge in [-0.05, 0) is 35.4 Å². The molecule has 0 fully saturated rings. The smallest absolute Gasteiger partial charge is 0.326 e. The largest absolute Gasteiger partial charge is 0.480 e. The number of nitrogens with one attached hydrogen (secondary N) is 1. The number of carboxylic acid groups (broad SMARTS) is 1. The highest BCUT2D eigenvalue weighted by Crippen LogP contribution is 2.16. The van der Waals surface area contributed by atoms with Gasteiger partial charge in [0.15, 0.2) is 0 Å². The van der Waals surface area contributed by atoms with Gasteiger partial charge >= 0.3 is 5.97 Å². The lowest BCUT2D eigenvalue weighted by molar-refractivity contribution is -0.139. The maximum Gasteiger partial charge on any atom is 0.326 e. The number of benzene rings is 3. The van der Waals surface area contributed by atoms with E-state index in [4.69, 9.17) is 0 Å². The summed E-state index contributed by atoms with van der Waals surface area (Å²) in [6.07, 6.45) is 0.245. The molecule has 126 valence electrons. The molecule has 25 heavy (non-hydrogen) atoms. The lowest BCUT2D eigenvalue weighted by Gasteiger charge is -2.15. The number of fused-ring (bicyclic) bond motifs is 1. The minimum Gasteiger partial charge on any atom is -0.480 e. The van der Waals surface area contributed by atoms with Gasteiger partial charge < -0.3 is 10.4 Å². The molecule has 4 heteroatoms. The van der Waals surface area contributed by atoms with E-state index in [1.165, 1.54) is 0 Å². The van der Waals surface area contributed by atoms with Gasteiger partial charge in [-0.15, -0.1) is 0 Å². The molecule has 3 aromatic carbocycles. The number of hydrogen-bond donors (Lipinski definition) is 2. The number of amides is 1. The molecule has 4 nitrogen and oxygen atoms in total. The average molecular weight is 333 g/mol. The molecule has 0 radical (unpaired) electrons. The number of aryl methyl sites for hydroxylation is 1. The minimum atomic E-state index is -1.05. The quantitative estimate of drug-likeness (QED) is 0.750. The fourth-order valence-electron chi connectivity index (χ4n) is 2.73. The zero-order valence-electron chi connectivity index (χ0n) is 13.9. The van der Waals surface area contributed by atoms with E-state index < -0.39 is 12.0 Å². The SMILES string of the molecule is Cc1ccc(C[C@H](NC(=O)c2ccc3ccccc3c2)C(=O)O)cc1. The van der Waals surface area contributed by atoms with Crippen LogP contribution in [-0.2, 0) is 11.2 Å². The Morgan fingerprint density at radius 3 is 2.32 bits per heavy atom. The third-order valence-corrected chi connectivity index (χ3v) is 4.18. The standard InChI is InChI=1S/C21H19NO3/c1-14-6-8-15(9-7-14)12-19(21(24)25)22-20(23)18-11-10-16-4-2-3-5-17(16)13-18/h2-11,13,19H,12H2,1H3,(H,22,23)(H,24,25)/t19-/m0/s1. The van der Waals surface area contributed by atoms with Crippen LogP contribution in [0.3, 0.4) is 0 Å². The fraction of sp³-hybridized carbons (Fsp3) is 0.143. The molecule has 0 saturated heterocycles. The number of aliphatic carboxylic acids is 1. The molecule has 0 heterocycles. The van der Waals surface area contributed by atoms with Gasteiger partial charge in [0.1, 0.15) is 6.04 Å². The van der Waals surface area contributed by atoms with Crippen LogP contribution in [0.1, 0.15) is 21.5 Å². The van der Waals surface area contributed by atoms with E-state index in [9.17, 15) is 14.7 Å². The Bertz CT molecular complexity index is 916. The Labute approximate surface area is 146 Å². The van der Waals surface area contributed by atoms with Crippen LogP contribution >= 0.6 is 0 Å². The van der Waals surface area contributed by atoms with E-state index in [0.29, 0.717) is 5.56 Å². The monoisotopic (exact) mass is 333 g/mol. The summed E-state index contributed by atoms with van der Waals surface area (Å²) in [7, 11) is 0. The molecule has 0 spiro atoms. The van der Waals surface area contributed by atoms with Crippen molar-refractivity contribution in [1.29, 1.82) is 0 Å². The third kappa shape index (κ3) is 4.04. The Morgan fingerprint density at radius 2 is 1.64 bits per heavy atom. The van der Waals surface area contributed by atoms with Crippen LogP contribution in [0.25, 0.3) is 10.8 Å². The van der Waals surface area contributed by atoms with Crippen molar-refractivity contribution in [3.05, 3.63) is 83.4 Å². The Kier molecular flexibility index (Phi) is 4.80. The molecule has 0 aliphatic carbocycles. The van der Waals surface area contributed by atoms with Gasteiger partial charge in [-0.2, -0.15) is 0 Å². The van der Waals surface area contributed by atoms with Crippen LogP contribution in [0.15, 0.2) is 66.7 Å². The van der Waals surface area contributed by atoms with Crippen molar-refractivity contribution in [2.45, 2.75) is 19.4 Å². The van der Waals surface area contributed by atoms with Crippen LogP contribution in [0, 0.1) is 6.92 Å². The topological polar surface area (TPSA) is 66.4 Å². The van der Waals surface area contributed by atoms with Crippen molar-refractivity contribution in [1.82, 2.24) is 5.32 Å². The molecular formula is C21H19NO3. The lowest BCUT2D eigenvalue weighted by Crippen LogP contribution is -2.42. The van der Waals surface area contributed by atoms with Crippen molar-refractivity contribution >= 4 is 22.6 Å². The maximum atomic E-state index is 12.5. The average Bonchev–Trinajstić information content (AvgIpc) is 2.62. The molecule has 0 aromatic heterocycles. The molecule has 3 rings (SSSR count). The first-order chi connectivity index (χ1) is 12.0. The summed E-state index contributed by atoms with van der Waals surface area (Å²) < 4.78 is 0. The number of hydrogen-bond acceptors (Lipinski definition) is 2. The molecule has 0 aliphatic heterocycles. The first-order valence-electron chi connectivity index (χ1n) is 8.11. The number of carbonyl (C=O) groups excluding carboxylic acids is 1. The Balaban J connectivity index is 1.77. The van der Waals surface area contributed by atoms with Crippen LogP contribution in [0.5, 0.6) is 0 Å². The second-order valence-electron chi connectivity index (χ2n) is 6.12. The molecular weight excluding hydrogens is 314 g/mol. The number of carbonyl (C=O) groups is 2. The van der Waals surface area contributed by atoms with E-state index in [-0.39, 0.29) is 12.3 Å². The van der Waals surface area contributed by atoms with Gasteiger partial charge in [-0.25, -0.2) is 4.79 Å². The van der Waals surface area contributed by atoms with Gasteiger partial charge in [0, 0.05) is 12.0 Å². The molecule has 0 unspecified atom stereocenters. The predicted molar refractivity (Wildman–Crippen MR) is 97.7 cm³/mol. The molecule has 1 amide bonds. The van der Waals surface area contributed by atoms with E-state index in [1.54, 1.807) is 12.1 Å². The number of rotatable bonds is 5.